The van der Waals surface area contributed by atoms with E-state index in [1.54, 1.807) is 17.5 Å². The first-order valence-electron chi connectivity index (χ1n) is 7.58. The smallest absolute Gasteiger partial charge is 0.128 e. The highest BCUT2D eigenvalue weighted by Crippen LogP contribution is 2.25. The third-order valence-electron chi connectivity index (χ3n) is 3.73. The molecule has 23 heavy (non-hydrogen) atoms. The van der Waals surface area contributed by atoms with Crippen LogP contribution in [0.4, 0.5) is 0 Å². The second-order valence-corrected chi connectivity index (χ2v) is 6.90. The van der Waals surface area contributed by atoms with E-state index < -0.39 is 6.10 Å². The van der Waals surface area contributed by atoms with Crippen molar-refractivity contribution in [2.24, 2.45) is 0 Å². The molecule has 122 valence electrons. The molecular formula is C17H21N3O2S. The van der Waals surface area contributed by atoms with Gasteiger partial charge in [-0.05, 0) is 32.0 Å². The highest BCUT2D eigenvalue weighted by atomic mass is 32.1. The molecule has 0 aliphatic carbocycles. The van der Waals surface area contributed by atoms with Crippen LogP contribution in [0.1, 0.15) is 18.9 Å². The Morgan fingerprint density at radius 1 is 1.39 bits per heavy atom. The number of aliphatic hydroxyl groups is 1. The molecule has 2 aromatic heterocycles. The van der Waals surface area contributed by atoms with Crippen LogP contribution in [0.3, 0.4) is 0 Å². The fourth-order valence-electron chi connectivity index (χ4n) is 2.41. The Balaban J connectivity index is 1.54. The zero-order chi connectivity index (χ0) is 16.3. The quantitative estimate of drug-likeness (QED) is 0.622. The molecule has 3 rings (SSSR count). The summed E-state index contributed by atoms with van der Waals surface area (Å²) < 4.78 is 5.77. The second-order valence-electron chi connectivity index (χ2n) is 6.00. The number of fused-ring (bicyclic) bond motifs is 1. The third-order valence-corrected chi connectivity index (χ3v) is 4.83. The number of ether oxygens (including phenoxy) is 1. The van der Waals surface area contributed by atoms with Crippen molar-refractivity contribution in [2.75, 3.05) is 13.2 Å². The maximum absolute atomic E-state index is 10.2. The van der Waals surface area contributed by atoms with Gasteiger partial charge in [0, 0.05) is 35.2 Å². The standard InChI is InChI=1S/C17H21N3O2S/c1-17(2,16-19-8-9-23-16)20-10-12(21)11-22-15-5-3-4-14-13(15)6-7-18-14/h3-9,12,18,20-21H,10-11H2,1-2H3. The lowest BCUT2D eigenvalue weighted by atomic mass is 10.1. The number of nitrogens with zero attached hydrogens (tertiary/aromatic N) is 1. The van der Waals surface area contributed by atoms with Gasteiger partial charge in [0.25, 0.3) is 0 Å². The highest BCUT2D eigenvalue weighted by Gasteiger charge is 2.23. The first-order valence-corrected chi connectivity index (χ1v) is 8.46. The van der Waals surface area contributed by atoms with Crippen LogP contribution < -0.4 is 10.1 Å². The number of hydrogen-bond acceptors (Lipinski definition) is 5. The molecule has 0 amide bonds. The van der Waals surface area contributed by atoms with E-state index in [2.05, 4.69) is 29.1 Å². The van der Waals surface area contributed by atoms with Gasteiger partial charge < -0.3 is 20.1 Å². The van der Waals surface area contributed by atoms with Crippen molar-refractivity contribution in [2.45, 2.75) is 25.5 Å². The van der Waals surface area contributed by atoms with Gasteiger partial charge in [0.05, 0.1) is 5.54 Å². The zero-order valence-corrected chi connectivity index (χ0v) is 14.1. The molecule has 0 spiro atoms. The van der Waals surface area contributed by atoms with Crippen LogP contribution in [0.15, 0.2) is 42.0 Å². The van der Waals surface area contributed by atoms with Crippen molar-refractivity contribution in [1.82, 2.24) is 15.3 Å². The normalized spacial score (nSPS) is 13.3. The number of aliphatic hydroxyl groups excluding tert-OH is 1. The summed E-state index contributed by atoms with van der Waals surface area (Å²) >= 11 is 1.60. The Hall–Kier alpha value is -1.89. The molecule has 1 unspecified atom stereocenters. The molecule has 3 N–H and O–H groups in total. The summed E-state index contributed by atoms with van der Waals surface area (Å²) in [5, 5.41) is 17.5. The molecule has 0 fully saturated rings. The van der Waals surface area contributed by atoms with E-state index in [4.69, 9.17) is 4.74 Å². The summed E-state index contributed by atoms with van der Waals surface area (Å²) in [7, 11) is 0. The van der Waals surface area contributed by atoms with Gasteiger partial charge >= 0.3 is 0 Å². The molecule has 0 radical (unpaired) electrons. The van der Waals surface area contributed by atoms with E-state index in [0.29, 0.717) is 6.54 Å². The lowest BCUT2D eigenvalue weighted by Crippen LogP contribution is -2.42. The topological polar surface area (TPSA) is 70.2 Å². The summed E-state index contributed by atoms with van der Waals surface area (Å²) in [4.78, 5) is 7.47. The number of benzene rings is 1. The number of aromatic nitrogens is 2. The molecule has 1 atom stereocenters. The average molecular weight is 331 g/mol. The molecule has 3 aromatic rings. The van der Waals surface area contributed by atoms with Gasteiger partial charge in [0.2, 0.25) is 0 Å². The molecule has 5 nitrogen and oxygen atoms in total. The Kier molecular flexibility index (Phi) is 4.66. The van der Waals surface area contributed by atoms with E-state index in [1.165, 1.54) is 0 Å². The molecule has 0 aliphatic heterocycles. The Bertz CT molecular complexity index is 752. The SMILES string of the molecule is CC(C)(NCC(O)COc1cccc2[nH]ccc12)c1nccs1. The predicted octanol–water partition coefficient (Wildman–Crippen LogP) is 2.89. The summed E-state index contributed by atoms with van der Waals surface area (Å²) in [6.07, 6.45) is 3.08. The molecule has 2 heterocycles. The minimum Gasteiger partial charge on any atom is -0.490 e. The number of thiazole rings is 1. The summed E-state index contributed by atoms with van der Waals surface area (Å²) in [5.74, 6) is 0.780. The number of aromatic amines is 1. The Morgan fingerprint density at radius 2 is 2.26 bits per heavy atom. The monoisotopic (exact) mass is 331 g/mol. The fraction of sp³-hybridized carbons (Fsp3) is 0.353. The lowest BCUT2D eigenvalue weighted by Gasteiger charge is -2.25. The van der Waals surface area contributed by atoms with E-state index in [1.807, 2.05) is 35.8 Å². The molecule has 1 aromatic carbocycles. The number of hydrogen-bond donors (Lipinski definition) is 3. The van der Waals surface area contributed by atoms with Crippen molar-refractivity contribution in [1.29, 1.82) is 0 Å². The summed E-state index contributed by atoms with van der Waals surface area (Å²) in [5.41, 5.74) is 0.760. The van der Waals surface area contributed by atoms with Crippen LogP contribution in [0.25, 0.3) is 10.9 Å². The van der Waals surface area contributed by atoms with E-state index >= 15 is 0 Å². The minimum atomic E-state index is -0.594. The van der Waals surface area contributed by atoms with Gasteiger partial charge in [-0.25, -0.2) is 4.98 Å². The molecule has 0 aliphatic rings. The van der Waals surface area contributed by atoms with Gasteiger partial charge in [0.1, 0.15) is 23.5 Å². The maximum Gasteiger partial charge on any atom is 0.128 e. The van der Waals surface area contributed by atoms with Crippen LogP contribution in [-0.2, 0) is 5.54 Å². The molecule has 0 saturated carbocycles. The van der Waals surface area contributed by atoms with Crippen LogP contribution in [0.2, 0.25) is 0 Å². The largest absolute Gasteiger partial charge is 0.490 e. The van der Waals surface area contributed by atoms with Crippen LogP contribution in [0.5, 0.6) is 5.75 Å². The van der Waals surface area contributed by atoms with E-state index in [-0.39, 0.29) is 12.1 Å². The first kappa shape index (κ1) is 16.0. The van der Waals surface area contributed by atoms with Crippen molar-refractivity contribution in [3.8, 4) is 5.75 Å². The minimum absolute atomic E-state index is 0.241. The fourth-order valence-corrected chi connectivity index (χ4v) is 3.15. The Labute approximate surface area is 139 Å². The van der Waals surface area contributed by atoms with Gasteiger partial charge in [-0.3, -0.25) is 0 Å². The maximum atomic E-state index is 10.2. The zero-order valence-electron chi connectivity index (χ0n) is 13.2. The highest BCUT2D eigenvalue weighted by molar-refractivity contribution is 7.09. The molecule has 6 heteroatoms. The summed E-state index contributed by atoms with van der Waals surface area (Å²) in [6.45, 7) is 4.79. The van der Waals surface area contributed by atoms with E-state index in [9.17, 15) is 5.11 Å². The molecule has 0 bridgehead atoms. The van der Waals surface area contributed by atoms with Crippen LogP contribution in [-0.4, -0.2) is 34.3 Å². The van der Waals surface area contributed by atoms with Gasteiger partial charge in [0.15, 0.2) is 0 Å². The van der Waals surface area contributed by atoms with E-state index in [0.717, 1.165) is 21.7 Å². The van der Waals surface area contributed by atoms with Crippen molar-refractivity contribution in [3.05, 3.63) is 47.0 Å². The van der Waals surface area contributed by atoms with Crippen LogP contribution in [0, 0.1) is 0 Å². The lowest BCUT2D eigenvalue weighted by molar-refractivity contribution is 0.0995. The van der Waals surface area contributed by atoms with Crippen molar-refractivity contribution >= 4 is 22.2 Å². The number of nitrogens with one attached hydrogen (secondary N) is 2. The molecule has 0 saturated heterocycles. The first-order chi connectivity index (χ1) is 11.1. The Morgan fingerprint density at radius 3 is 3.04 bits per heavy atom. The van der Waals surface area contributed by atoms with Gasteiger partial charge in [-0.2, -0.15) is 0 Å². The van der Waals surface area contributed by atoms with Crippen molar-refractivity contribution in [3.63, 3.8) is 0 Å². The summed E-state index contributed by atoms with van der Waals surface area (Å²) in [6, 6.07) is 7.82. The predicted molar refractivity (Wildman–Crippen MR) is 92.9 cm³/mol. The van der Waals surface area contributed by atoms with Gasteiger partial charge in [-0.1, -0.05) is 6.07 Å². The van der Waals surface area contributed by atoms with Crippen LogP contribution >= 0.6 is 11.3 Å². The third kappa shape index (κ3) is 3.72. The average Bonchev–Trinajstić information content (AvgIpc) is 3.21. The number of rotatable bonds is 7. The number of H-pyrrole nitrogens is 1. The van der Waals surface area contributed by atoms with Gasteiger partial charge in [-0.15, -0.1) is 11.3 Å². The second kappa shape index (κ2) is 6.70. The molecular weight excluding hydrogens is 310 g/mol. The van der Waals surface area contributed by atoms with Crippen molar-refractivity contribution < 1.29 is 9.84 Å².